The lowest BCUT2D eigenvalue weighted by Gasteiger charge is -2.12. The number of rotatable bonds is 3. The maximum Gasteiger partial charge on any atom is 0.344 e. The van der Waals surface area contributed by atoms with Gasteiger partial charge in [0, 0.05) is 16.3 Å². The fourth-order valence-corrected chi connectivity index (χ4v) is 3.26. The largest absolute Gasteiger partial charge is 0.493 e. The number of benzene rings is 3. The Hall–Kier alpha value is -3.78. The second-order valence-electron chi connectivity index (χ2n) is 6.01. The average molecular weight is 357 g/mol. The van der Waals surface area contributed by atoms with Crippen molar-refractivity contribution in [1.29, 1.82) is 5.26 Å². The Balaban J connectivity index is 2.08. The first-order valence-electron chi connectivity index (χ1n) is 8.28. The zero-order chi connectivity index (χ0) is 19.0. The molecule has 5 heteroatoms. The number of methoxy groups -OCH3 is 2. The summed E-state index contributed by atoms with van der Waals surface area (Å²) in [5.74, 6) is 1.17. The van der Waals surface area contributed by atoms with Crippen molar-refractivity contribution in [2.24, 2.45) is 0 Å². The molecule has 4 aromatic rings. The van der Waals surface area contributed by atoms with E-state index in [0.717, 1.165) is 16.3 Å². The minimum atomic E-state index is -0.459. The topological polar surface area (TPSA) is 72.5 Å². The van der Waals surface area contributed by atoms with Crippen LogP contribution in [0.15, 0.2) is 63.8 Å². The summed E-state index contributed by atoms with van der Waals surface area (Å²) in [4.78, 5) is 12.4. The molecule has 4 rings (SSSR count). The van der Waals surface area contributed by atoms with Gasteiger partial charge in [-0.15, -0.1) is 0 Å². The molecular formula is C22H15NO4. The van der Waals surface area contributed by atoms with Gasteiger partial charge < -0.3 is 13.9 Å². The van der Waals surface area contributed by atoms with Gasteiger partial charge in [0.1, 0.15) is 5.58 Å². The molecule has 0 amide bonds. The first-order valence-corrected chi connectivity index (χ1v) is 8.28. The van der Waals surface area contributed by atoms with E-state index in [1.54, 1.807) is 32.4 Å². The van der Waals surface area contributed by atoms with Crippen LogP contribution in [0.2, 0.25) is 0 Å². The highest BCUT2D eigenvalue weighted by atomic mass is 16.5. The van der Waals surface area contributed by atoms with Crippen molar-refractivity contribution < 1.29 is 13.9 Å². The number of hydrogen-bond acceptors (Lipinski definition) is 5. The average Bonchev–Trinajstić information content (AvgIpc) is 2.72. The summed E-state index contributed by atoms with van der Waals surface area (Å²) in [5.41, 5.74) is 1.94. The molecule has 1 heterocycles. The Morgan fingerprint density at radius 3 is 2.41 bits per heavy atom. The number of nitrogens with zero attached hydrogens (tertiary/aromatic N) is 1. The smallest absolute Gasteiger partial charge is 0.344 e. The van der Waals surface area contributed by atoms with Gasteiger partial charge in [-0.3, -0.25) is 0 Å². The van der Waals surface area contributed by atoms with Gasteiger partial charge in [0.05, 0.1) is 31.2 Å². The number of para-hydroxylation sites is 1. The Labute approximate surface area is 155 Å². The molecule has 0 spiro atoms. The van der Waals surface area contributed by atoms with Crippen LogP contribution in [0.25, 0.3) is 32.9 Å². The normalized spacial score (nSPS) is 10.7. The minimum absolute atomic E-state index is 0.384. The van der Waals surface area contributed by atoms with Crippen LogP contribution in [0.5, 0.6) is 11.5 Å². The van der Waals surface area contributed by atoms with Gasteiger partial charge in [0.15, 0.2) is 11.5 Å². The van der Waals surface area contributed by atoms with Crippen molar-refractivity contribution in [2.45, 2.75) is 0 Å². The van der Waals surface area contributed by atoms with E-state index < -0.39 is 5.63 Å². The van der Waals surface area contributed by atoms with Crippen molar-refractivity contribution >= 4 is 21.7 Å². The molecule has 27 heavy (non-hydrogen) atoms. The van der Waals surface area contributed by atoms with Crippen LogP contribution in [0.4, 0.5) is 0 Å². The molecule has 0 N–H and O–H groups in total. The standard InChI is InChI=1S/C22H15NO4/c1-25-20-8-7-13(10-21(20)26-2)16-11-17-15-5-3-4-6-19(15)27-22(24)18(17)9-14(16)12-23/h3-11H,1-2H3. The lowest BCUT2D eigenvalue weighted by Crippen LogP contribution is -2.01. The van der Waals surface area contributed by atoms with E-state index >= 15 is 0 Å². The van der Waals surface area contributed by atoms with E-state index in [2.05, 4.69) is 6.07 Å². The molecule has 0 saturated carbocycles. The third kappa shape index (κ3) is 2.68. The highest BCUT2D eigenvalue weighted by molar-refractivity contribution is 6.06. The first kappa shape index (κ1) is 16.7. The SMILES string of the molecule is COc1ccc(-c2cc3c(cc2C#N)c(=O)oc2ccccc23)cc1OC. The lowest BCUT2D eigenvalue weighted by atomic mass is 9.95. The van der Waals surface area contributed by atoms with E-state index in [9.17, 15) is 10.1 Å². The predicted molar refractivity (Wildman–Crippen MR) is 103 cm³/mol. The Morgan fingerprint density at radius 1 is 0.889 bits per heavy atom. The molecule has 0 radical (unpaired) electrons. The summed E-state index contributed by atoms with van der Waals surface area (Å²) in [6, 6.07) is 18.4. The van der Waals surface area contributed by atoms with Gasteiger partial charge in [-0.05, 0) is 35.9 Å². The number of fused-ring (bicyclic) bond motifs is 3. The molecular weight excluding hydrogens is 342 g/mol. The Morgan fingerprint density at radius 2 is 1.67 bits per heavy atom. The predicted octanol–water partition coefficient (Wildman–Crippen LogP) is 4.50. The van der Waals surface area contributed by atoms with Crippen molar-refractivity contribution in [3.05, 3.63) is 70.6 Å². The van der Waals surface area contributed by atoms with Crippen molar-refractivity contribution in [2.75, 3.05) is 14.2 Å². The van der Waals surface area contributed by atoms with Gasteiger partial charge in [0.2, 0.25) is 0 Å². The zero-order valence-electron chi connectivity index (χ0n) is 14.8. The molecule has 5 nitrogen and oxygen atoms in total. The van der Waals surface area contributed by atoms with E-state index in [0.29, 0.717) is 33.6 Å². The molecule has 0 unspecified atom stereocenters. The summed E-state index contributed by atoms with van der Waals surface area (Å²) in [5, 5.41) is 11.6. The van der Waals surface area contributed by atoms with Crippen LogP contribution in [0.1, 0.15) is 5.56 Å². The highest BCUT2D eigenvalue weighted by Crippen LogP contribution is 2.36. The fourth-order valence-electron chi connectivity index (χ4n) is 3.26. The van der Waals surface area contributed by atoms with E-state index in [1.807, 2.05) is 36.4 Å². The third-order valence-corrected chi connectivity index (χ3v) is 4.57. The van der Waals surface area contributed by atoms with Crippen LogP contribution < -0.4 is 15.1 Å². The second kappa shape index (κ2) is 6.50. The van der Waals surface area contributed by atoms with E-state index in [4.69, 9.17) is 13.9 Å². The molecule has 0 fully saturated rings. The summed E-state index contributed by atoms with van der Waals surface area (Å²) >= 11 is 0. The van der Waals surface area contributed by atoms with Crippen LogP contribution >= 0.6 is 0 Å². The van der Waals surface area contributed by atoms with Crippen molar-refractivity contribution in [1.82, 2.24) is 0 Å². The maximum absolute atomic E-state index is 12.4. The molecule has 0 bridgehead atoms. The highest BCUT2D eigenvalue weighted by Gasteiger charge is 2.15. The van der Waals surface area contributed by atoms with Crippen molar-refractivity contribution in [3.8, 4) is 28.7 Å². The Kier molecular flexibility index (Phi) is 4.02. The lowest BCUT2D eigenvalue weighted by molar-refractivity contribution is 0.355. The summed E-state index contributed by atoms with van der Waals surface area (Å²) in [6.45, 7) is 0. The quantitative estimate of drug-likeness (QED) is 0.399. The monoisotopic (exact) mass is 357 g/mol. The molecule has 0 aliphatic heterocycles. The second-order valence-corrected chi connectivity index (χ2v) is 6.01. The Bertz CT molecular complexity index is 1280. The fraction of sp³-hybridized carbons (Fsp3) is 0.0909. The number of hydrogen-bond donors (Lipinski definition) is 0. The van der Waals surface area contributed by atoms with Gasteiger partial charge in [-0.2, -0.15) is 5.26 Å². The van der Waals surface area contributed by atoms with Crippen LogP contribution in [-0.4, -0.2) is 14.2 Å². The minimum Gasteiger partial charge on any atom is -0.493 e. The van der Waals surface area contributed by atoms with Gasteiger partial charge >= 0.3 is 5.63 Å². The molecule has 1 aromatic heterocycles. The van der Waals surface area contributed by atoms with Crippen LogP contribution in [-0.2, 0) is 0 Å². The molecule has 132 valence electrons. The summed E-state index contributed by atoms with van der Waals surface area (Å²) < 4.78 is 16.0. The van der Waals surface area contributed by atoms with E-state index in [1.165, 1.54) is 0 Å². The molecule has 0 aliphatic rings. The van der Waals surface area contributed by atoms with Crippen LogP contribution in [0, 0.1) is 11.3 Å². The van der Waals surface area contributed by atoms with Crippen molar-refractivity contribution in [3.63, 3.8) is 0 Å². The number of nitriles is 1. The summed E-state index contributed by atoms with van der Waals surface area (Å²) in [6.07, 6.45) is 0. The summed E-state index contributed by atoms with van der Waals surface area (Å²) in [7, 11) is 3.13. The first-order chi connectivity index (χ1) is 13.2. The molecule has 3 aromatic carbocycles. The molecule has 0 saturated heterocycles. The van der Waals surface area contributed by atoms with E-state index in [-0.39, 0.29) is 0 Å². The van der Waals surface area contributed by atoms with Gasteiger partial charge in [-0.1, -0.05) is 24.3 Å². The van der Waals surface area contributed by atoms with Crippen LogP contribution in [0.3, 0.4) is 0 Å². The molecule has 0 atom stereocenters. The maximum atomic E-state index is 12.4. The van der Waals surface area contributed by atoms with Gasteiger partial charge in [0.25, 0.3) is 0 Å². The third-order valence-electron chi connectivity index (χ3n) is 4.57. The number of ether oxygens (including phenoxy) is 2. The molecule has 0 aliphatic carbocycles. The van der Waals surface area contributed by atoms with Gasteiger partial charge in [-0.25, -0.2) is 4.79 Å². The zero-order valence-corrected chi connectivity index (χ0v) is 14.8.